The summed E-state index contributed by atoms with van der Waals surface area (Å²) in [7, 11) is -3.49. The van der Waals surface area contributed by atoms with Crippen LogP contribution in [0.25, 0.3) is 0 Å². The van der Waals surface area contributed by atoms with Crippen molar-refractivity contribution in [3.05, 3.63) is 64.1 Å². The molecule has 1 heterocycles. The quantitative estimate of drug-likeness (QED) is 0.717. The summed E-state index contributed by atoms with van der Waals surface area (Å²) < 4.78 is 54.1. The van der Waals surface area contributed by atoms with Gasteiger partial charge in [0.1, 0.15) is 11.6 Å². The van der Waals surface area contributed by atoms with Gasteiger partial charge in [-0.25, -0.2) is 21.5 Å². The molecular formula is C19H19BrF2N2O3S. The first-order valence-electron chi connectivity index (χ1n) is 8.73. The molecule has 5 nitrogen and oxygen atoms in total. The molecule has 9 heteroatoms. The van der Waals surface area contributed by atoms with E-state index in [2.05, 4.69) is 21.2 Å². The molecule has 150 valence electrons. The number of sulfonamides is 1. The van der Waals surface area contributed by atoms with Crippen molar-refractivity contribution < 1.29 is 22.0 Å². The van der Waals surface area contributed by atoms with Crippen LogP contribution in [0.1, 0.15) is 18.4 Å². The summed E-state index contributed by atoms with van der Waals surface area (Å²) in [6.07, 6.45) is 0.679. The molecule has 0 aromatic heterocycles. The first-order chi connectivity index (χ1) is 13.2. The van der Waals surface area contributed by atoms with Crippen LogP contribution in [-0.4, -0.2) is 31.7 Å². The summed E-state index contributed by atoms with van der Waals surface area (Å²) in [5, 5.41) is 2.45. The van der Waals surface area contributed by atoms with E-state index in [0.717, 1.165) is 10.5 Å². The van der Waals surface area contributed by atoms with Gasteiger partial charge in [-0.3, -0.25) is 4.79 Å². The molecule has 1 aliphatic heterocycles. The number of piperidine rings is 1. The standard InChI is InChI=1S/C19H19BrF2N2O3S/c20-15-3-1-2-13(10-15)12-28(26,27)24-8-6-14(7-9-24)19(25)23-18-5-4-16(21)11-17(18)22/h1-5,10-11,14H,6-9,12H2,(H,23,25). The average Bonchev–Trinajstić information content (AvgIpc) is 2.64. The van der Waals surface area contributed by atoms with Crippen LogP contribution in [0.4, 0.5) is 14.5 Å². The number of rotatable bonds is 5. The first kappa shape index (κ1) is 20.9. The zero-order valence-corrected chi connectivity index (χ0v) is 17.3. The van der Waals surface area contributed by atoms with E-state index in [1.54, 1.807) is 18.2 Å². The van der Waals surface area contributed by atoms with Gasteiger partial charge in [-0.15, -0.1) is 0 Å². The van der Waals surface area contributed by atoms with Gasteiger partial charge in [0.05, 0.1) is 11.4 Å². The Hall–Kier alpha value is -1.84. The van der Waals surface area contributed by atoms with E-state index in [0.29, 0.717) is 24.5 Å². The second-order valence-corrected chi connectivity index (χ2v) is 9.56. The minimum Gasteiger partial charge on any atom is -0.323 e. The molecular weight excluding hydrogens is 454 g/mol. The van der Waals surface area contributed by atoms with E-state index in [-0.39, 0.29) is 24.5 Å². The van der Waals surface area contributed by atoms with Crippen molar-refractivity contribution >= 4 is 37.5 Å². The number of nitrogens with one attached hydrogen (secondary N) is 1. The fraction of sp³-hybridized carbons (Fsp3) is 0.316. The number of benzene rings is 2. The molecule has 0 atom stereocenters. The third-order valence-corrected chi connectivity index (χ3v) is 6.99. The van der Waals surface area contributed by atoms with E-state index >= 15 is 0 Å². The highest BCUT2D eigenvalue weighted by Gasteiger charge is 2.31. The number of halogens is 3. The Kier molecular flexibility index (Phi) is 6.47. The highest BCUT2D eigenvalue weighted by Crippen LogP contribution is 2.24. The number of hydrogen-bond acceptors (Lipinski definition) is 3. The lowest BCUT2D eigenvalue weighted by molar-refractivity contribution is -0.120. The molecule has 1 N–H and O–H groups in total. The molecule has 3 rings (SSSR count). The maximum Gasteiger partial charge on any atom is 0.227 e. The van der Waals surface area contributed by atoms with E-state index in [1.165, 1.54) is 10.4 Å². The Balaban J connectivity index is 1.58. The van der Waals surface area contributed by atoms with Crippen molar-refractivity contribution in [2.75, 3.05) is 18.4 Å². The van der Waals surface area contributed by atoms with Crippen LogP contribution in [0.5, 0.6) is 0 Å². The summed E-state index contributed by atoms with van der Waals surface area (Å²) >= 11 is 3.33. The third kappa shape index (κ3) is 5.15. The lowest BCUT2D eigenvalue weighted by Crippen LogP contribution is -2.41. The lowest BCUT2D eigenvalue weighted by atomic mass is 9.97. The SMILES string of the molecule is O=C(Nc1ccc(F)cc1F)C1CCN(S(=O)(=O)Cc2cccc(Br)c2)CC1. The number of nitrogens with zero attached hydrogens (tertiary/aromatic N) is 1. The maximum absolute atomic E-state index is 13.7. The van der Waals surface area contributed by atoms with Gasteiger partial charge < -0.3 is 5.32 Å². The van der Waals surface area contributed by atoms with Crippen LogP contribution >= 0.6 is 15.9 Å². The monoisotopic (exact) mass is 472 g/mol. The fourth-order valence-corrected chi connectivity index (χ4v) is 5.15. The summed E-state index contributed by atoms with van der Waals surface area (Å²) in [5.41, 5.74) is 0.595. The molecule has 2 aromatic rings. The smallest absolute Gasteiger partial charge is 0.227 e. The largest absolute Gasteiger partial charge is 0.323 e. The first-order valence-corrected chi connectivity index (χ1v) is 11.1. The molecule has 2 aromatic carbocycles. The summed E-state index contributed by atoms with van der Waals surface area (Å²) in [4.78, 5) is 12.3. The summed E-state index contributed by atoms with van der Waals surface area (Å²) in [6.45, 7) is 0.445. The molecule has 28 heavy (non-hydrogen) atoms. The van der Waals surface area contributed by atoms with Crippen molar-refractivity contribution in [2.24, 2.45) is 5.92 Å². The van der Waals surface area contributed by atoms with E-state index < -0.39 is 33.5 Å². The Morgan fingerprint density at radius 3 is 2.50 bits per heavy atom. The number of carbonyl (C=O) groups is 1. The van der Waals surface area contributed by atoms with Gasteiger partial charge in [0.25, 0.3) is 0 Å². The Morgan fingerprint density at radius 2 is 1.86 bits per heavy atom. The predicted octanol–water partition coefficient (Wildman–Crippen LogP) is 3.91. The zero-order chi connectivity index (χ0) is 20.3. The van der Waals surface area contributed by atoms with Gasteiger partial charge in [-0.2, -0.15) is 0 Å². The molecule has 0 radical (unpaired) electrons. The highest BCUT2D eigenvalue weighted by atomic mass is 79.9. The summed E-state index contributed by atoms with van der Waals surface area (Å²) in [6, 6.07) is 10.0. The molecule has 1 aliphatic rings. The van der Waals surface area contributed by atoms with Crippen LogP contribution in [0.2, 0.25) is 0 Å². The molecule has 0 spiro atoms. The van der Waals surface area contributed by atoms with Gasteiger partial charge in [0.2, 0.25) is 15.9 Å². The van der Waals surface area contributed by atoms with Crippen LogP contribution in [-0.2, 0) is 20.6 Å². The second kappa shape index (κ2) is 8.67. The summed E-state index contributed by atoms with van der Waals surface area (Å²) in [5.74, 6) is -2.50. The second-order valence-electron chi connectivity index (χ2n) is 6.67. The average molecular weight is 473 g/mol. The highest BCUT2D eigenvalue weighted by molar-refractivity contribution is 9.10. The minimum atomic E-state index is -3.49. The van der Waals surface area contributed by atoms with Crippen molar-refractivity contribution in [2.45, 2.75) is 18.6 Å². The van der Waals surface area contributed by atoms with Crippen molar-refractivity contribution in [3.63, 3.8) is 0 Å². The van der Waals surface area contributed by atoms with Crippen molar-refractivity contribution in [3.8, 4) is 0 Å². The van der Waals surface area contributed by atoms with Crippen LogP contribution in [0.15, 0.2) is 46.9 Å². The van der Waals surface area contributed by atoms with Gasteiger partial charge in [0, 0.05) is 29.5 Å². The zero-order valence-electron chi connectivity index (χ0n) is 14.9. The molecule has 0 saturated carbocycles. The predicted molar refractivity (Wildman–Crippen MR) is 106 cm³/mol. The lowest BCUT2D eigenvalue weighted by Gasteiger charge is -2.30. The molecule has 0 unspecified atom stereocenters. The minimum absolute atomic E-state index is 0.0869. The van der Waals surface area contributed by atoms with E-state index in [4.69, 9.17) is 0 Å². The third-order valence-electron chi connectivity index (χ3n) is 4.65. The Labute approximate surface area is 170 Å². The van der Waals surface area contributed by atoms with Gasteiger partial charge >= 0.3 is 0 Å². The van der Waals surface area contributed by atoms with Gasteiger partial charge in [0.15, 0.2) is 0 Å². The number of amides is 1. The fourth-order valence-electron chi connectivity index (χ4n) is 3.15. The van der Waals surface area contributed by atoms with Crippen molar-refractivity contribution in [1.82, 2.24) is 4.31 Å². The molecule has 1 amide bonds. The van der Waals surface area contributed by atoms with Crippen LogP contribution < -0.4 is 5.32 Å². The van der Waals surface area contributed by atoms with Gasteiger partial charge in [-0.1, -0.05) is 28.1 Å². The molecule has 1 fully saturated rings. The normalized spacial score (nSPS) is 16.1. The number of carbonyl (C=O) groups excluding carboxylic acids is 1. The molecule has 0 bridgehead atoms. The molecule has 1 saturated heterocycles. The van der Waals surface area contributed by atoms with Gasteiger partial charge in [-0.05, 0) is 42.7 Å². The number of anilines is 1. The number of hydrogen-bond donors (Lipinski definition) is 1. The van der Waals surface area contributed by atoms with Crippen molar-refractivity contribution in [1.29, 1.82) is 0 Å². The maximum atomic E-state index is 13.7. The topological polar surface area (TPSA) is 66.5 Å². The van der Waals surface area contributed by atoms with E-state index in [1.807, 2.05) is 6.07 Å². The molecule has 0 aliphatic carbocycles. The van der Waals surface area contributed by atoms with Crippen LogP contribution in [0.3, 0.4) is 0 Å². The van der Waals surface area contributed by atoms with E-state index in [9.17, 15) is 22.0 Å². The van der Waals surface area contributed by atoms with Crippen LogP contribution in [0, 0.1) is 17.6 Å². The Bertz CT molecular complexity index is 977. The Morgan fingerprint density at radius 1 is 1.14 bits per heavy atom.